The third-order valence-corrected chi connectivity index (χ3v) is 5.48. The maximum Gasteiger partial charge on any atom is 0.336 e. The van der Waals surface area contributed by atoms with E-state index >= 15 is 0 Å². The largest absolute Gasteiger partial charge is 0.423 e. The second-order valence-corrected chi connectivity index (χ2v) is 7.89. The van der Waals surface area contributed by atoms with E-state index in [1.54, 1.807) is 12.1 Å². The van der Waals surface area contributed by atoms with Gasteiger partial charge in [0.1, 0.15) is 11.4 Å². The number of aromatic nitrogens is 2. The van der Waals surface area contributed by atoms with Crippen LogP contribution >= 0.6 is 0 Å². The second-order valence-electron chi connectivity index (χ2n) is 6.21. The van der Waals surface area contributed by atoms with Crippen LogP contribution in [-0.4, -0.2) is 18.6 Å². The van der Waals surface area contributed by atoms with Gasteiger partial charge in [0.05, 0.1) is 10.6 Å². The third-order valence-electron chi connectivity index (χ3n) is 4.13. The molecule has 2 aromatic carbocycles. The SMILES string of the molecule is Cc1ccc(F)c(-c2cc(NS(=O)(=O)c3ccc4oc(=O)ccc4c3)n[nH]2)c1. The van der Waals surface area contributed by atoms with E-state index in [0.29, 0.717) is 16.6 Å². The quantitative estimate of drug-likeness (QED) is 0.512. The molecular weight excluding hydrogens is 385 g/mol. The average molecular weight is 399 g/mol. The summed E-state index contributed by atoms with van der Waals surface area (Å²) >= 11 is 0. The van der Waals surface area contributed by atoms with E-state index < -0.39 is 21.5 Å². The summed E-state index contributed by atoms with van der Waals surface area (Å²) in [7, 11) is -3.95. The molecule has 2 aromatic heterocycles. The summed E-state index contributed by atoms with van der Waals surface area (Å²) in [6.45, 7) is 1.82. The van der Waals surface area contributed by atoms with Crippen molar-refractivity contribution in [3.8, 4) is 11.3 Å². The zero-order valence-corrected chi connectivity index (χ0v) is 15.4. The molecular formula is C19H14FN3O4S. The molecule has 0 spiro atoms. The number of aryl methyl sites for hydroxylation is 1. The fourth-order valence-corrected chi connectivity index (χ4v) is 3.80. The van der Waals surface area contributed by atoms with Crippen LogP contribution in [0.25, 0.3) is 22.2 Å². The smallest absolute Gasteiger partial charge is 0.336 e. The first-order valence-electron chi connectivity index (χ1n) is 8.20. The predicted molar refractivity (Wildman–Crippen MR) is 102 cm³/mol. The van der Waals surface area contributed by atoms with E-state index in [-0.39, 0.29) is 16.3 Å². The van der Waals surface area contributed by atoms with Crippen LogP contribution in [0.1, 0.15) is 5.56 Å². The highest BCUT2D eigenvalue weighted by Gasteiger charge is 2.18. The lowest BCUT2D eigenvalue weighted by Crippen LogP contribution is -2.13. The summed E-state index contributed by atoms with van der Waals surface area (Å²) in [6, 6.07) is 12.8. The fraction of sp³-hybridized carbons (Fsp3) is 0.0526. The molecule has 0 fully saturated rings. The van der Waals surface area contributed by atoms with E-state index in [1.807, 2.05) is 6.92 Å². The lowest BCUT2D eigenvalue weighted by atomic mass is 10.1. The van der Waals surface area contributed by atoms with Crippen molar-refractivity contribution in [2.75, 3.05) is 4.72 Å². The van der Waals surface area contributed by atoms with Crippen molar-refractivity contribution in [2.24, 2.45) is 0 Å². The maximum atomic E-state index is 14.0. The molecule has 4 aromatic rings. The monoisotopic (exact) mass is 399 g/mol. The lowest BCUT2D eigenvalue weighted by Gasteiger charge is -2.06. The van der Waals surface area contributed by atoms with Gasteiger partial charge in [-0.1, -0.05) is 11.6 Å². The van der Waals surface area contributed by atoms with Gasteiger partial charge in [-0.3, -0.25) is 9.82 Å². The van der Waals surface area contributed by atoms with Crippen LogP contribution in [0.4, 0.5) is 10.2 Å². The van der Waals surface area contributed by atoms with Gasteiger partial charge in [-0.2, -0.15) is 5.10 Å². The molecule has 0 saturated carbocycles. The number of benzene rings is 2. The molecule has 0 atom stereocenters. The first-order valence-corrected chi connectivity index (χ1v) is 9.69. The maximum absolute atomic E-state index is 14.0. The summed E-state index contributed by atoms with van der Waals surface area (Å²) in [4.78, 5) is 11.2. The molecule has 0 saturated heterocycles. The minimum Gasteiger partial charge on any atom is -0.423 e. The topological polar surface area (TPSA) is 105 Å². The van der Waals surface area contributed by atoms with Gasteiger partial charge in [0.25, 0.3) is 10.0 Å². The molecule has 28 heavy (non-hydrogen) atoms. The van der Waals surface area contributed by atoms with Gasteiger partial charge < -0.3 is 4.42 Å². The molecule has 142 valence electrons. The minimum absolute atomic E-state index is 0.0237. The Morgan fingerprint density at radius 3 is 2.71 bits per heavy atom. The van der Waals surface area contributed by atoms with Crippen molar-refractivity contribution in [1.82, 2.24) is 10.2 Å². The number of hydrogen-bond donors (Lipinski definition) is 2. The molecule has 0 radical (unpaired) electrons. The van der Waals surface area contributed by atoms with Crippen molar-refractivity contribution in [3.63, 3.8) is 0 Å². The molecule has 0 aliphatic carbocycles. The Hall–Kier alpha value is -3.46. The Morgan fingerprint density at radius 1 is 1.07 bits per heavy atom. The molecule has 2 heterocycles. The summed E-state index contributed by atoms with van der Waals surface area (Å²) < 4.78 is 46.7. The number of fused-ring (bicyclic) bond motifs is 1. The van der Waals surface area contributed by atoms with Crippen molar-refractivity contribution >= 4 is 26.8 Å². The first kappa shape index (κ1) is 17.9. The number of halogens is 1. The molecule has 0 unspecified atom stereocenters. The van der Waals surface area contributed by atoms with Crippen LogP contribution in [0.3, 0.4) is 0 Å². The van der Waals surface area contributed by atoms with Crippen LogP contribution in [0.2, 0.25) is 0 Å². The molecule has 0 aliphatic rings. The minimum atomic E-state index is -3.95. The lowest BCUT2D eigenvalue weighted by molar-refractivity contribution is 0.560. The molecule has 0 amide bonds. The molecule has 2 N–H and O–H groups in total. The van der Waals surface area contributed by atoms with Gasteiger partial charge in [-0.05, 0) is 43.3 Å². The summed E-state index contributed by atoms with van der Waals surface area (Å²) in [5.41, 5.74) is 1.26. The zero-order valence-electron chi connectivity index (χ0n) is 14.6. The van der Waals surface area contributed by atoms with Crippen LogP contribution in [0, 0.1) is 12.7 Å². The number of rotatable bonds is 4. The predicted octanol–water partition coefficient (Wildman–Crippen LogP) is 3.43. The first-order chi connectivity index (χ1) is 13.3. The molecule has 9 heteroatoms. The van der Waals surface area contributed by atoms with Gasteiger partial charge in [-0.25, -0.2) is 17.6 Å². The highest BCUT2D eigenvalue weighted by atomic mass is 32.2. The van der Waals surface area contributed by atoms with Gasteiger partial charge in [-0.15, -0.1) is 0 Å². The average Bonchev–Trinajstić information content (AvgIpc) is 3.10. The second kappa shape index (κ2) is 6.61. The summed E-state index contributed by atoms with van der Waals surface area (Å²) in [6.07, 6.45) is 0. The van der Waals surface area contributed by atoms with Crippen molar-refractivity contribution < 1.29 is 17.2 Å². The van der Waals surface area contributed by atoms with Crippen LogP contribution in [0.5, 0.6) is 0 Å². The van der Waals surface area contributed by atoms with Crippen LogP contribution < -0.4 is 10.3 Å². The Morgan fingerprint density at radius 2 is 1.89 bits per heavy atom. The van der Waals surface area contributed by atoms with Crippen molar-refractivity contribution in [2.45, 2.75) is 11.8 Å². The third kappa shape index (κ3) is 3.39. The normalized spacial score (nSPS) is 11.6. The standard InChI is InChI=1S/C19H14FN3O4S/c1-11-2-5-15(20)14(8-11)16-10-18(22-21-16)23-28(25,26)13-4-6-17-12(9-13)3-7-19(24)27-17/h2-10H,1H3,(H2,21,22,23). The van der Waals surface area contributed by atoms with Gasteiger partial charge in [0.2, 0.25) is 0 Å². The van der Waals surface area contributed by atoms with Gasteiger partial charge in [0.15, 0.2) is 5.82 Å². The van der Waals surface area contributed by atoms with Crippen molar-refractivity contribution in [1.29, 1.82) is 0 Å². The Bertz CT molecular complexity index is 1360. The Balaban J connectivity index is 1.65. The number of sulfonamides is 1. The van der Waals surface area contributed by atoms with E-state index in [9.17, 15) is 17.6 Å². The number of anilines is 1. The van der Waals surface area contributed by atoms with Crippen LogP contribution in [-0.2, 0) is 10.0 Å². The zero-order chi connectivity index (χ0) is 19.9. The number of nitrogens with zero attached hydrogens (tertiary/aromatic N) is 1. The number of aromatic amines is 1. The Kier molecular flexibility index (Phi) is 4.23. The van der Waals surface area contributed by atoms with Gasteiger partial charge >= 0.3 is 5.63 Å². The highest BCUT2D eigenvalue weighted by molar-refractivity contribution is 7.92. The molecule has 0 aliphatic heterocycles. The van der Waals surface area contributed by atoms with Gasteiger partial charge in [0, 0.05) is 23.1 Å². The molecule has 7 nitrogen and oxygen atoms in total. The van der Waals surface area contributed by atoms with E-state index in [2.05, 4.69) is 14.9 Å². The number of hydrogen-bond acceptors (Lipinski definition) is 5. The number of H-pyrrole nitrogens is 1. The Labute approximate surface area is 158 Å². The van der Waals surface area contributed by atoms with Crippen LogP contribution in [0.15, 0.2) is 68.7 Å². The van der Waals surface area contributed by atoms with E-state index in [4.69, 9.17) is 4.42 Å². The molecule has 4 rings (SSSR count). The fourth-order valence-electron chi connectivity index (χ4n) is 2.77. The summed E-state index contributed by atoms with van der Waals surface area (Å²) in [5, 5.41) is 7.00. The van der Waals surface area contributed by atoms with E-state index in [0.717, 1.165) is 5.56 Å². The van der Waals surface area contributed by atoms with E-state index in [1.165, 1.54) is 42.5 Å². The summed E-state index contributed by atoms with van der Waals surface area (Å²) in [5.74, 6) is -0.421. The highest BCUT2D eigenvalue weighted by Crippen LogP contribution is 2.25. The number of nitrogens with one attached hydrogen (secondary N) is 2. The van der Waals surface area contributed by atoms with Crippen molar-refractivity contribution in [3.05, 3.63) is 76.4 Å². The molecule has 0 bridgehead atoms.